The van der Waals surface area contributed by atoms with Gasteiger partial charge in [-0.25, -0.2) is 0 Å². The van der Waals surface area contributed by atoms with Crippen LogP contribution in [0.5, 0.6) is 0 Å². The van der Waals surface area contributed by atoms with E-state index in [9.17, 15) is 9.59 Å². The Kier molecular flexibility index (Phi) is 7.81. The van der Waals surface area contributed by atoms with E-state index in [0.29, 0.717) is 12.8 Å². The third-order valence-corrected chi connectivity index (χ3v) is 5.59. The topological polar surface area (TPSA) is 72.2 Å². The Morgan fingerprint density at radius 3 is 2.00 bits per heavy atom. The molecule has 0 spiro atoms. The first-order valence-electron chi connectivity index (χ1n) is 9.24. The van der Waals surface area contributed by atoms with Crippen molar-refractivity contribution in [1.29, 1.82) is 0 Å². The second kappa shape index (κ2) is 9.14. The van der Waals surface area contributed by atoms with Gasteiger partial charge in [0.25, 0.3) is 0 Å². The van der Waals surface area contributed by atoms with Crippen LogP contribution in [-0.2, 0) is 9.59 Å². The lowest BCUT2D eigenvalue weighted by Gasteiger charge is -2.36. The summed E-state index contributed by atoms with van der Waals surface area (Å²) in [7, 11) is 0. The molecule has 0 radical (unpaired) electrons. The van der Waals surface area contributed by atoms with E-state index in [1.165, 1.54) is 0 Å². The molecule has 25 heavy (non-hydrogen) atoms. The first-order valence-corrected chi connectivity index (χ1v) is 9.24. The van der Waals surface area contributed by atoms with E-state index in [-0.39, 0.29) is 35.0 Å². The Morgan fingerprint density at radius 2 is 1.56 bits per heavy atom. The minimum absolute atomic E-state index is 0.197. The highest BCUT2D eigenvalue weighted by atomic mass is 16.2. The van der Waals surface area contributed by atoms with Crippen LogP contribution in [0.2, 0.25) is 0 Å². The Labute approximate surface area is 152 Å². The zero-order chi connectivity index (χ0) is 19.2. The van der Waals surface area contributed by atoms with Crippen molar-refractivity contribution in [2.24, 2.45) is 23.0 Å². The van der Waals surface area contributed by atoms with Crippen LogP contribution >= 0.6 is 0 Å². The number of amides is 1. The summed E-state index contributed by atoms with van der Waals surface area (Å²) in [5, 5.41) is 2.98. The summed E-state index contributed by atoms with van der Waals surface area (Å²) < 4.78 is 0. The molecule has 0 aliphatic rings. The maximum atomic E-state index is 13.0. The van der Waals surface area contributed by atoms with Crippen molar-refractivity contribution in [3.05, 3.63) is 35.9 Å². The minimum atomic E-state index is -0.571. The summed E-state index contributed by atoms with van der Waals surface area (Å²) in [6, 6.07) is 8.99. The van der Waals surface area contributed by atoms with Crippen LogP contribution in [0.4, 0.5) is 0 Å². The molecule has 2 atom stereocenters. The van der Waals surface area contributed by atoms with Crippen molar-refractivity contribution >= 4 is 11.7 Å². The zero-order valence-electron chi connectivity index (χ0n) is 16.5. The van der Waals surface area contributed by atoms with E-state index >= 15 is 0 Å². The average molecular weight is 347 g/mol. The van der Waals surface area contributed by atoms with Crippen LogP contribution < -0.4 is 11.1 Å². The molecule has 1 rings (SSSR count). The molecule has 4 heteroatoms. The summed E-state index contributed by atoms with van der Waals surface area (Å²) in [4.78, 5) is 25.0. The van der Waals surface area contributed by atoms with Crippen LogP contribution in [0.15, 0.2) is 30.3 Å². The molecule has 140 valence electrons. The summed E-state index contributed by atoms with van der Waals surface area (Å²) in [5.41, 5.74) is 6.33. The molecule has 3 N–H and O–H groups in total. The molecule has 4 nitrogen and oxygen atoms in total. The van der Waals surface area contributed by atoms with Crippen molar-refractivity contribution in [2.75, 3.05) is 0 Å². The van der Waals surface area contributed by atoms with Gasteiger partial charge in [-0.3, -0.25) is 9.59 Å². The number of Topliss-reactive ketones (excluding diaryl/α,β-unsaturated/α-hetero) is 1. The minimum Gasteiger partial charge on any atom is -0.348 e. The zero-order valence-corrected chi connectivity index (χ0v) is 16.5. The standard InChI is InChI=1S/C21H34N2O2/c1-14(2)21(6,15(3)4)19(24)13-12-18(23-20(25)16(5)22)17-10-8-7-9-11-17/h7-11,14-16,18H,12-13,22H2,1-6H3,(H,23,25)/t16-,18+/m0/s1. The number of carbonyl (C=O) groups is 2. The maximum absolute atomic E-state index is 13.0. The quantitative estimate of drug-likeness (QED) is 0.713. The van der Waals surface area contributed by atoms with E-state index in [1.807, 2.05) is 30.3 Å². The second-order valence-corrected chi connectivity index (χ2v) is 7.81. The van der Waals surface area contributed by atoms with Crippen molar-refractivity contribution in [3.8, 4) is 0 Å². The van der Waals surface area contributed by atoms with Gasteiger partial charge in [0.2, 0.25) is 5.91 Å². The smallest absolute Gasteiger partial charge is 0.237 e. The molecule has 0 bridgehead atoms. The second-order valence-electron chi connectivity index (χ2n) is 7.81. The van der Waals surface area contributed by atoms with Gasteiger partial charge in [-0.1, -0.05) is 65.0 Å². The third kappa shape index (κ3) is 5.40. The first kappa shape index (κ1) is 21.4. The molecule has 1 aromatic carbocycles. The van der Waals surface area contributed by atoms with E-state index in [2.05, 4.69) is 39.9 Å². The van der Waals surface area contributed by atoms with Crippen LogP contribution in [0, 0.1) is 17.3 Å². The Bertz CT molecular complexity index is 557. The van der Waals surface area contributed by atoms with E-state index in [4.69, 9.17) is 5.73 Å². The highest BCUT2D eigenvalue weighted by Gasteiger charge is 2.39. The Balaban J connectivity index is 2.92. The van der Waals surface area contributed by atoms with Crippen molar-refractivity contribution < 1.29 is 9.59 Å². The van der Waals surface area contributed by atoms with Crippen LogP contribution in [0.1, 0.15) is 66.0 Å². The van der Waals surface area contributed by atoms with Crippen molar-refractivity contribution in [3.63, 3.8) is 0 Å². The van der Waals surface area contributed by atoms with E-state index in [1.54, 1.807) is 6.92 Å². The van der Waals surface area contributed by atoms with Gasteiger partial charge >= 0.3 is 0 Å². The normalized spacial score (nSPS) is 14.4. The molecule has 0 unspecified atom stereocenters. The molecule has 0 fully saturated rings. The molecule has 0 aliphatic carbocycles. The monoisotopic (exact) mass is 346 g/mol. The molecule has 1 amide bonds. The molecule has 0 aromatic heterocycles. The van der Waals surface area contributed by atoms with Gasteiger partial charge in [0.1, 0.15) is 5.78 Å². The Hall–Kier alpha value is -1.68. The molecule has 1 aromatic rings. The lowest BCUT2D eigenvalue weighted by atomic mass is 9.66. The molecule has 0 saturated carbocycles. The van der Waals surface area contributed by atoms with Gasteiger partial charge in [0.15, 0.2) is 0 Å². The summed E-state index contributed by atoms with van der Waals surface area (Å²) in [5.74, 6) is 0.605. The Morgan fingerprint density at radius 1 is 1.04 bits per heavy atom. The number of rotatable bonds is 9. The first-order chi connectivity index (χ1) is 11.6. The van der Waals surface area contributed by atoms with Gasteiger partial charge in [0, 0.05) is 11.8 Å². The van der Waals surface area contributed by atoms with Gasteiger partial charge in [-0.15, -0.1) is 0 Å². The van der Waals surface area contributed by atoms with Gasteiger partial charge in [-0.05, 0) is 30.7 Å². The number of hydrogen-bond donors (Lipinski definition) is 2. The highest BCUT2D eigenvalue weighted by Crippen LogP contribution is 2.38. The maximum Gasteiger partial charge on any atom is 0.237 e. The van der Waals surface area contributed by atoms with Gasteiger partial charge < -0.3 is 11.1 Å². The van der Waals surface area contributed by atoms with Crippen LogP contribution in [0.3, 0.4) is 0 Å². The number of ketones is 1. The lowest BCUT2D eigenvalue weighted by Crippen LogP contribution is -2.41. The fraction of sp³-hybridized carbons (Fsp3) is 0.619. The molecule has 0 aliphatic heterocycles. The fourth-order valence-electron chi connectivity index (χ4n) is 3.17. The summed E-state index contributed by atoms with van der Waals surface area (Å²) >= 11 is 0. The van der Waals surface area contributed by atoms with E-state index < -0.39 is 6.04 Å². The molecule has 0 saturated heterocycles. The lowest BCUT2D eigenvalue weighted by molar-refractivity contribution is -0.133. The number of nitrogens with one attached hydrogen (secondary N) is 1. The number of carbonyl (C=O) groups excluding carboxylic acids is 2. The fourth-order valence-corrected chi connectivity index (χ4v) is 3.17. The predicted molar refractivity (Wildman–Crippen MR) is 103 cm³/mol. The predicted octanol–water partition coefficient (Wildman–Crippen LogP) is 3.86. The van der Waals surface area contributed by atoms with Crippen molar-refractivity contribution in [1.82, 2.24) is 5.32 Å². The summed E-state index contributed by atoms with van der Waals surface area (Å²) in [6.45, 7) is 12.1. The van der Waals surface area contributed by atoms with Crippen molar-refractivity contribution in [2.45, 2.75) is 66.5 Å². The SMILES string of the molecule is CC(C)C(C)(C(=O)CC[C@@H](NC(=O)[C@H](C)N)c1ccccc1)C(C)C. The largest absolute Gasteiger partial charge is 0.348 e. The average Bonchev–Trinajstić information content (AvgIpc) is 2.57. The van der Waals surface area contributed by atoms with Crippen LogP contribution in [-0.4, -0.2) is 17.7 Å². The summed E-state index contributed by atoms with van der Waals surface area (Å²) in [6.07, 6.45) is 1.02. The molecular formula is C21H34N2O2. The van der Waals surface area contributed by atoms with Crippen LogP contribution in [0.25, 0.3) is 0 Å². The molecule has 0 heterocycles. The number of nitrogens with two attached hydrogens (primary N) is 1. The number of benzene rings is 1. The third-order valence-electron chi connectivity index (χ3n) is 5.59. The van der Waals surface area contributed by atoms with Gasteiger partial charge in [-0.2, -0.15) is 0 Å². The number of hydrogen-bond acceptors (Lipinski definition) is 3. The molecular weight excluding hydrogens is 312 g/mol. The van der Waals surface area contributed by atoms with Gasteiger partial charge in [0.05, 0.1) is 12.1 Å². The van der Waals surface area contributed by atoms with E-state index in [0.717, 1.165) is 5.56 Å². The highest BCUT2D eigenvalue weighted by molar-refractivity contribution is 5.85.